The van der Waals surface area contributed by atoms with E-state index in [1.165, 1.54) is 0 Å². The van der Waals surface area contributed by atoms with E-state index in [0.717, 1.165) is 67.0 Å². The molecule has 0 amide bonds. The van der Waals surface area contributed by atoms with Crippen LogP contribution < -0.4 is 10.2 Å². The van der Waals surface area contributed by atoms with Crippen LogP contribution in [0, 0.1) is 11.3 Å². The molecule has 0 saturated carbocycles. The molecule has 0 aliphatic heterocycles. The Morgan fingerprint density at radius 1 is 0.829 bits per heavy atom. The molecule has 178 valence electrons. The number of rotatable bonds is 12. The van der Waals surface area contributed by atoms with E-state index in [4.69, 9.17) is 11.6 Å². The lowest BCUT2D eigenvalue weighted by molar-refractivity contribution is 0.307. The predicted octanol–water partition coefficient (Wildman–Crippen LogP) is 6.74. The first-order valence-electron chi connectivity index (χ1n) is 12.0. The minimum atomic E-state index is 0.431. The molecule has 1 N–H and O–H groups in total. The third-order valence-electron chi connectivity index (χ3n) is 5.99. The van der Waals surface area contributed by atoms with Gasteiger partial charge in [0.05, 0.1) is 18.1 Å². The van der Waals surface area contributed by atoms with Crippen molar-refractivity contribution in [3.8, 4) is 6.07 Å². The van der Waals surface area contributed by atoms with Crippen molar-refractivity contribution < 1.29 is 0 Å². The number of nitrogens with zero attached hydrogens (tertiary/aromatic N) is 4. The SMILES string of the molecule is N#CCN(CCCCNc1ccnc2cc(Cl)ccc12)CCN(c1ccccc1)c1ccccc1. The minimum Gasteiger partial charge on any atom is -0.384 e. The van der Waals surface area contributed by atoms with Crippen LogP contribution >= 0.6 is 11.6 Å². The number of halogens is 1. The number of nitrogens with one attached hydrogen (secondary N) is 1. The van der Waals surface area contributed by atoms with E-state index in [1.807, 2.05) is 36.4 Å². The quantitative estimate of drug-likeness (QED) is 0.178. The molecule has 0 fully saturated rings. The maximum Gasteiger partial charge on any atom is 0.0866 e. The summed E-state index contributed by atoms with van der Waals surface area (Å²) in [6.07, 6.45) is 3.83. The van der Waals surface area contributed by atoms with Gasteiger partial charge in [-0.25, -0.2) is 0 Å². The van der Waals surface area contributed by atoms with Gasteiger partial charge in [0.15, 0.2) is 0 Å². The van der Waals surface area contributed by atoms with Gasteiger partial charge < -0.3 is 10.2 Å². The van der Waals surface area contributed by atoms with Crippen molar-refractivity contribution in [2.24, 2.45) is 0 Å². The van der Waals surface area contributed by atoms with Gasteiger partial charge in [0.1, 0.15) is 0 Å². The number of hydrogen-bond acceptors (Lipinski definition) is 5. The van der Waals surface area contributed by atoms with Crippen molar-refractivity contribution in [3.05, 3.63) is 96.1 Å². The lowest BCUT2D eigenvalue weighted by atomic mass is 10.2. The fraction of sp³-hybridized carbons (Fsp3) is 0.241. The largest absolute Gasteiger partial charge is 0.384 e. The van der Waals surface area contributed by atoms with Gasteiger partial charge in [0.2, 0.25) is 0 Å². The Bertz CT molecular complexity index is 1200. The summed E-state index contributed by atoms with van der Waals surface area (Å²) < 4.78 is 0. The Morgan fingerprint density at radius 2 is 1.54 bits per heavy atom. The number of pyridine rings is 1. The van der Waals surface area contributed by atoms with Gasteiger partial charge in [0.25, 0.3) is 0 Å². The molecule has 35 heavy (non-hydrogen) atoms. The zero-order valence-electron chi connectivity index (χ0n) is 19.8. The molecular weight excluding hydrogens is 454 g/mol. The fourth-order valence-electron chi connectivity index (χ4n) is 4.19. The average Bonchev–Trinajstić information content (AvgIpc) is 2.89. The van der Waals surface area contributed by atoms with Crippen LogP contribution in [0.25, 0.3) is 10.9 Å². The van der Waals surface area contributed by atoms with Crippen LogP contribution in [0.5, 0.6) is 0 Å². The van der Waals surface area contributed by atoms with Gasteiger partial charge in [-0.3, -0.25) is 9.88 Å². The van der Waals surface area contributed by atoms with Gasteiger partial charge in [0, 0.05) is 53.3 Å². The van der Waals surface area contributed by atoms with Crippen LogP contribution in [0.4, 0.5) is 17.1 Å². The van der Waals surface area contributed by atoms with Gasteiger partial charge in [-0.15, -0.1) is 0 Å². The van der Waals surface area contributed by atoms with Crippen molar-refractivity contribution in [2.75, 3.05) is 42.9 Å². The Balaban J connectivity index is 1.29. The summed E-state index contributed by atoms with van der Waals surface area (Å²) in [7, 11) is 0. The van der Waals surface area contributed by atoms with Crippen molar-refractivity contribution in [3.63, 3.8) is 0 Å². The zero-order valence-corrected chi connectivity index (χ0v) is 20.5. The van der Waals surface area contributed by atoms with Crippen LogP contribution in [-0.2, 0) is 0 Å². The molecule has 6 heteroatoms. The number of unbranched alkanes of at least 4 members (excludes halogenated alkanes) is 1. The maximum atomic E-state index is 9.37. The number of anilines is 3. The molecule has 3 aromatic carbocycles. The molecule has 0 spiro atoms. The van der Waals surface area contributed by atoms with Crippen LogP contribution in [0.15, 0.2) is 91.1 Å². The van der Waals surface area contributed by atoms with Gasteiger partial charge in [-0.05, 0) is 67.9 Å². The number of nitriles is 1. The van der Waals surface area contributed by atoms with Crippen molar-refractivity contribution >= 4 is 39.6 Å². The summed E-state index contributed by atoms with van der Waals surface area (Å²) in [5.41, 5.74) is 4.28. The average molecular weight is 484 g/mol. The highest BCUT2D eigenvalue weighted by Crippen LogP contribution is 2.25. The first-order valence-corrected chi connectivity index (χ1v) is 12.4. The highest BCUT2D eigenvalue weighted by molar-refractivity contribution is 6.31. The second-order valence-electron chi connectivity index (χ2n) is 8.41. The third kappa shape index (κ3) is 6.95. The summed E-state index contributed by atoms with van der Waals surface area (Å²) in [5.74, 6) is 0. The topological polar surface area (TPSA) is 55.2 Å². The summed E-state index contributed by atoms with van der Waals surface area (Å²) in [4.78, 5) is 8.95. The lowest BCUT2D eigenvalue weighted by Crippen LogP contribution is -2.34. The minimum absolute atomic E-state index is 0.431. The molecule has 0 bridgehead atoms. The number of benzene rings is 3. The molecule has 0 radical (unpaired) electrons. The van der Waals surface area contributed by atoms with E-state index in [9.17, 15) is 5.26 Å². The first-order chi connectivity index (χ1) is 17.2. The molecule has 0 saturated heterocycles. The van der Waals surface area contributed by atoms with Crippen molar-refractivity contribution in [1.82, 2.24) is 9.88 Å². The summed E-state index contributed by atoms with van der Waals surface area (Å²) in [6.45, 7) is 3.82. The highest BCUT2D eigenvalue weighted by Gasteiger charge is 2.12. The second-order valence-corrected chi connectivity index (χ2v) is 8.85. The van der Waals surface area contributed by atoms with E-state index in [2.05, 4.69) is 74.7 Å². The standard InChI is InChI=1S/C29H30ClN5/c30-24-13-14-27-28(15-18-33-29(27)23-24)32-17-7-8-19-34(20-16-31)21-22-35(25-9-3-1-4-10-25)26-11-5-2-6-12-26/h1-6,9-15,18,23H,7-8,17,19-22H2,(H,32,33). The lowest BCUT2D eigenvalue weighted by Gasteiger charge is -2.28. The van der Waals surface area contributed by atoms with E-state index in [0.29, 0.717) is 11.6 Å². The molecule has 0 aliphatic carbocycles. The van der Waals surface area contributed by atoms with E-state index in [-0.39, 0.29) is 0 Å². The number of fused-ring (bicyclic) bond motifs is 1. The van der Waals surface area contributed by atoms with Gasteiger partial charge in [-0.1, -0.05) is 48.0 Å². The molecule has 4 aromatic rings. The Kier molecular flexibility index (Phi) is 8.94. The molecule has 4 rings (SSSR count). The van der Waals surface area contributed by atoms with Gasteiger partial charge in [-0.2, -0.15) is 5.26 Å². The van der Waals surface area contributed by atoms with Crippen LogP contribution in [0.1, 0.15) is 12.8 Å². The molecule has 1 heterocycles. The van der Waals surface area contributed by atoms with Gasteiger partial charge >= 0.3 is 0 Å². The molecule has 0 unspecified atom stereocenters. The fourth-order valence-corrected chi connectivity index (χ4v) is 4.36. The van der Waals surface area contributed by atoms with Crippen LogP contribution in [-0.4, -0.2) is 42.6 Å². The highest BCUT2D eigenvalue weighted by atomic mass is 35.5. The predicted molar refractivity (Wildman–Crippen MR) is 146 cm³/mol. The smallest absolute Gasteiger partial charge is 0.0866 e. The summed E-state index contributed by atoms with van der Waals surface area (Å²) in [6, 6.07) is 31.0. The molecule has 0 atom stereocenters. The van der Waals surface area contributed by atoms with E-state index in [1.54, 1.807) is 6.20 Å². The summed E-state index contributed by atoms with van der Waals surface area (Å²) in [5, 5.41) is 14.7. The number of aromatic nitrogens is 1. The van der Waals surface area contributed by atoms with Crippen LogP contribution in [0.3, 0.4) is 0 Å². The molecular formula is C29H30ClN5. The number of hydrogen-bond donors (Lipinski definition) is 1. The van der Waals surface area contributed by atoms with Crippen molar-refractivity contribution in [1.29, 1.82) is 5.26 Å². The van der Waals surface area contributed by atoms with E-state index >= 15 is 0 Å². The molecule has 0 aliphatic rings. The molecule has 1 aromatic heterocycles. The third-order valence-corrected chi connectivity index (χ3v) is 6.23. The van der Waals surface area contributed by atoms with E-state index < -0.39 is 0 Å². The monoisotopic (exact) mass is 483 g/mol. The van der Waals surface area contributed by atoms with Crippen molar-refractivity contribution in [2.45, 2.75) is 12.8 Å². The zero-order chi connectivity index (χ0) is 24.3. The number of para-hydroxylation sites is 2. The Morgan fingerprint density at radius 3 is 2.23 bits per heavy atom. The Hall–Kier alpha value is -3.59. The molecule has 5 nitrogen and oxygen atoms in total. The first kappa shape index (κ1) is 24.5. The van der Waals surface area contributed by atoms with Crippen LogP contribution in [0.2, 0.25) is 5.02 Å². The Labute approximate surface area is 212 Å². The normalized spacial score (nSPS) is 10.9. The summed E-state index contributed by atoms with van der Waals surface area (Å²) >= 11 is 6.10. The second kappa shape index (κ2) is 12.8. The maximum absolute atomic E-state index is 9.37.